The Kier molecular flexibility index (Phi) is 5.51. The third-order valence-corrected chi connectivity index (χ3v) is 3.35. The highest BCUT2D eigenvalue weighted by molar-refractivity contribution is 5.81. The van der Waals surface area contributed by atoms with Gasteiger partial charge in [-0.2, -0.15) is 4.98 Å². The molecule has 0 aromatic carbocycles. The lowest BCUT2D eigenvalue weighted by atomic mass is 10.2. The second kappa shape index (κ2) is 7.58. The van der Waals surface area contributed by atoms with Gasteiger partial charge in [0.2, 0.25) is 5.95 Å². The predicted molar refractivity (Wildman–Crippen MR) is 92.9 cm³/mol. The molecule has 0 spiro atoms. The number of aliphatic imine (C=N–C) groups is 1. The molecule has 0 saturated carbocycles. The van der Waals surface area contributed by atoms with Crippen molar-refractivity contribution in [2.24, 2.45) is 10.7 Å². The van der Waals surface area contributed by atoms with Crippen molar-refractivity contribution in [3.8, 4) is 0 Å². The number of hydrogen-bond donors (Lipinski definition) is 4. The fourth-order valence-electron chi connectivity index (χ4n) is 2.22. The Morgan fingerprint density at radius 3 is 3.19 bits per heavy atom. The Morgan fingerprint density at radius 2 is 2.52 bits per heavy atom. The molecule has 7 heteroatoms. The highest BCUT2D eigenvalue weighted by Crippen LogP contribution is 2.14. The van der Waals surface area contributed by atoms with Crippen molar-refractivity contribution in [1.29, 1.82) is 0 Å². The number of nitrogens with one attached hydrogen (secondary N) is 3. The predicted octanol–water partition coefficient (Wildman–Crippen LogP) is 1.60. The van der Waals surface area contributed by atoms with Crippen molar-refractivity contribution in [3.05, 3.63) is 23.7 Å². The molecule has 2 rings (SSSR count). The lowest BCUT2D eigenvalue weighted by molar-refractivity contribution is 0.632. The zero-order valence-electron chi connectivity index (χ0n) is 12.6. The summed E-state index contributed by atoms with van der Waals surface area (Å²) in [5.74, 6) is 1.34. The SMILES string of the molecule is CN=C/C(=C\N)Nc1ncc(C)c(NC[C@H]2CCCN2)n1.[HH].[HH].[HH]. The number of allylic oxidation sites excluding steroid dienone is 1. The third-order valence-electron chi connectivity index (χ3n) is 3.35. The smallest absolute Gasteiger partial charge is 0.229 e. The Balaban J connectivity index is 0. The second-order valence-electron chi connectivity index (χ2n) is 5.03. The molecule has 120 valence electrons. The Hall–Kier alpha value is -2.15. The first-order chi connectivity index (χ1) is 10.2. The molecule has 0 aliphatic carbocycles. The molecule has 0 amide bonds. The molecule has 1 aromatic heterocycles. The summed E-state index contributed by atoms with van der Waals surface area (Å²) in [5, 5.41) is 9.87. The molecule has 1 fully saturated rings. The van der Waals surface area contributed by atoms with Crippen LogP contribution in [-0.4, -0.2) is 42.4 Å². The van der Waals surface area contributed by atoms with Crippen molar-refractivity contribution in [3.63, 3.8) is 0 Å². The molecule has 5 N–H and O–H groups in total. The minimum absolute atomic E-state index is 0. The quantitative estimate of drug-likeness (QED) is 0.595. The van der Waals surface area contributed by atoms with Gasteiger partial charge in [-0.1, -0.05) is 0 Å². The maximum atomic E-state index is 5.52. The Morgan fingerprint density at radius 1 is 1.67 bits per heavy atom. The van der Waals surface area contributed by atoms with Crippen LogP contribution in [0, 0.1) is 6.92 Å². The van der Waals surface area contributed by atoms with E-state index in [2.05, 4.69) is 30.9 Å². The zero-order valence-corrected chi connectivity index (χ0v) is 12.6. The number of nitrogens with two attached hydrogens (primary N) is 1. The molecule has 21 heavy (non-hydrogen) atoms. The molecular weight excluding hydrogens is 266 g/mol. The van der Waals surface area contributed by atoms with E-state index < -0.39 is 0 Å². The molecule has 1 saturated heterocycles. The molecule has 0 radical (unpaired) electrons. The lowest BCUT2D eigenvalue weighted by Crippen LogP contribution is -2.29. The molecule has 0 bridgehead atoms. The normalized spacial score (nSPS) is 19.1. The maximum Gasteiger partial charge on any atom is 0.229 e. The molecule has 1 atom stereocenters. The maximum absolute atomic E-state index is 5.52. The highest BCUT2D eigenvalue weighted by Gasteiger charge is 2.14. The minimum atomic E-state index is 0. The molecule has 7 nitrogen and oxygen atoms in total. The van der Waals surface area contributed by atoms with Gasteiger partial charge in [0.05, 0.1) is 5.70 Å². The Bertz CT molecular complexity index is 531. The first-order valence-corrected chi connectivity index (χ1v) is 7.15. The van der Waals surface area contributed by atoms with Crippen molar-refractivity contribution < 1.29 is 4.28 Å². The van der Waals surface area contributed by atoms with Crippen LogP contribution in [0.2, 0.25) is 0 Å². The van der Waals surface area contributed by atoms with Crippen molar-refractivity contribution in [2.45, 2.75) is 25.8 Å². The van der Waals surface area contributed by atoms with Gasteiger partial charge in [0.15, 0.2) is 0 Å². The standard InChI is InChI=1S/C14H23N7.3H2/c1-10-7-19-14(20-12(6-15)8-16-2)21-13(10)18-9-11-4-3-5-17-11;;;/h6-8,11,17H,3-5,9,15H2,1-2H3,(H2,18,19,20,21);3*1H/b12-6+,16-8?;;;/t11-;;;/m1.../s1. The first-order valence-electron chi connectivity index (χ1n) is 7.15. The van der Waals surface area contributed by atoms with Gasteiger partial charge in [-0.05, 0) is 26.3 Å². The minimum Gasteiger partial charge on any atom is -0.403 e. The van der Waals surface area contributed by atoms with E-state index in [1.54, 1.807) is 19.5 Å². The number of nitrogens with zero attached hydrogens (tertiary/aromatic N) is 3. The van der Waals surface area contributed by atoms with Gasteiger partial charge in [-0.25, -0.2) is 4.98 Å². The van der Waals surface area contributed by atoms with Crippen LogP contribution in [-0.2, 0) is 0 Å². The van der Waals surface area contributed by atoms with Gasteiger partial charge in [0, 0.05) is 48.1 Å². The van der Waals surface area contributed by atoms with Gasteiger partial charge in [0.1, 0.15) is 5.82 Å². The van der Waals surface area contributed by atoms with E-state index in [4.69, 9.17) is 5.73 Å². The average molecular weight is 295 g/mol. The fourth-order valence-corrected chi connectivity index (χ4v) is 2.22. The molecular formula is C14H29N7. The van der Waals surface area contributed by atoms with Crippen LogP contribution in [0.1, 0.15) is 22.7 Å². The summed E-state index contributed by atoms with van der Waals surface area (Å²) in [6, 6.07) is 0.516. The van der Waals surface area contributed by atoms with Gasteiger partial charge in [-0.3, -0.25) is 4.99 Å². The second-order valence-corrected chi connectivity index (χ2v) is 5.03. The molecule has 0 unspecified atom stereocenters. The molecule has 1 aromatic rings. The monoisotopic (exact) mass is 295 g/mol. The van der Waals surface area contributed by atoms with E-state index in [9.17, 15) is 0 Å². The summed E-state index contributed by atoms with van der Waals surface area (Å²) < 4.78 is 0. The van der Waals surface area contributed by atoms with Crippen LogP contribution in [0.5, 0.6) is 0 Å². The summed E-state index contributed by atoms with van der Waals surface area (Å²) in [5.41, 5.74) is 7.19. The summed E-state index contributed by atoms with van der Waals surface area (Å²) >= 11 is 0. The van der Waals surface area contributed by atoms with Gasteiger partial charge in [-0.15, -0.1) is 0 Å². The largest absolute Gasteiger partial charge is 0.403 e. The van der Waals surface area contributed by atoms with Crippen LogP contribution in [0.3, 0.4) is 0 Å². The van der Waals surface area contributed by atoms with E-state index in [1.165, 1.54) is 19.0 Å². The summed E-state index contributed by atoms with van der Waals surface area (Å²) in [4.78, 5) is 12.7. The first kappa shape index (κ1) is 15.2. The molecule has 2 heterocycles. The average Bonchev–Trinajstić information content (AvgIpc) is 3.00. The molecule has 1 aliphatic heterocycles. The number of rotatable bonds is 6. The van der Waals surface area contributed by atoms with E-state index in [0.29, 0.717) is 17.7 Å². The van der Waals surface area contributed by atoms with Crippen LogP contribution in [0.4, 0.5) is 11.8 Å². The zero-order chi connectivity index (χ0) is 15.1. The van der Waals surface area contributed by atoms with Gasteiger partial charge < -0.3 is 21.7 Å². The number of aromatic nitrogens is 2. The van der Waals surface area contributed by atoms with E-state index in [-0.39, 0.29) is 4.28 Å². The van der Waals surface area contributed by atoms with Crippen LogP contribution >= 0.6 is 0 Å². The summed E-state index contributed by atoms with van der Waals surface area (Å²) in [6.07, 6.45) is 7.29. The van der Waals surface area contributed by atoms with Crippen molar-refractivity contribution >= 4 is 18.0 Å². The van der Waals surface area contributed by atoms with Crippen LogP contribution in [0.15, 0.2) is 23.1 Å². The van der Waals surface area contributed by atoms with E-state index in [1.807, 2.05) is 6.92 Å². The number of aryl methyl sites for hydroxylation is 1. The number of hydrogen-bond acceptors (Lipinski definition) is 7. The summed E-state index contributed by atoms with van der Waals surface area (Å²) in [7, 11) is 1.68. The highest BCUT2D eigenvalue weighted by atomic mass is 15.2. The third kappa shape index (κ3) is 4.42. The van der Waals surface area contributed by atoms with Gasteiger partial charge in [0.25, 0.3) is 0 Å². The van der Waals surface area contributed by atoms with Crippen LogP contribution < -0.4 is 21.7 Å². The number of anilines is 2. The van der Waals surface area contributed by atoms with Crippen LogP contribution in [0.25, 0.3) is 0 Å². The Labute approximate surface area is 129 Å². The van der Waals surface area contributed by atoms with E-state index >= 15 is 0 Å². The van der Waals surface area contributed by atoms with E-state index in [0.717, 1.165) is 24.5 Å². The molecule has 1 aliphatic rings. The topological polar surface area (TPSA) is 100 Å². The van der Waals surface area contributed by atoms with Crippen molar-refractivity contribution in [2.75, 3.05) is 30.8 Å². The fraction of sp³-hybridized carbons (Fsp3) is 0.500. The lowest BCUT2D eigenvalue weighted by Gasteiger charge is -2.14. The van der Waals surface area contributed by atoms with Crippen molar-refractivity contribution in [1.82, 2.24) is 15.3 Å². The van der Waals surface area contributed by atoms with Gasteiger partial charge >= 0.3 is 0 Å². The summed E-state index contributed by atoms with van der Waals surface area (Å²) in [6.45, 7) is 3.96.